The monoisotopic (exact) mass is 632 g/mol. The summed E-state index contributed by atoms with van der Waals surface area (Å²) in [6.45, 7) is 8.32. The van der Waals surface area contributed by atoms with Gasteiger partial charge < -0.3 is 21.1 Å². The van der Waals surface area contributed by atoms with E-state index in [1.807, 2.05) is 55.5 Å². The van der Waals surface area contributed by atoms with E-state index in [9.17, 15) is 0 Å². The average molecular weight is 634 g/mol. The van der Waals surface area contributed by atoms with Crippen molar-refractivity contribution in [3.05, 3.63) is 129 Å². The Kier molecular flexibility index (Phi) is 19.7. The van der Waals surface area contributed by atoms with Crippen molar-refractivity contribution in [1.82, 2.24) is 0 Å². The second kappa shape index (κ2) is 20.7. The number of hydrogen-bond donors (Lipinski definition) is 4. The average Bonchev–Trinajstić information content (AvgIpc) is 2.95. The van der Waals surface area contributed by atoms with Crippen LogP contribution in [0.4, 0.5) is 5.69 Å². The summed E-state index contributed by atoms with van der Waals surface area (Å²) >= 11 is 11.6. The minimum atomic E-state index is -1.35. The maximum absolute atomic E-state index is 8.74. The zero-order valence-corrected chi connectivity index (χ0v) is 27.6. The number of rotatable bonds is 7. The smallest absolute Gasteiger partial charge is 0.423 e. The molecule has 0 saturated heterocycles. The summed E-state index contributed by atoms with van der Waals surface area (Å²) in [6, 6.07) is 31.7. The Balaban J connectivity index is 0.000000606. The van der Waals surface area contributed by atoms with Crippen LogP contribution in [0.2, 0.25) is 10.0 Å². The normalized spacial score (nSPS) is 11.1. The van der Waals surface area contributed by atoms with Crippen molar-refractivity contribution in [2.24, 2.45) is 5.73 Å². The largest absolute Gasteiger partial charge is 0.488 e. The molecule has 4 aromatic carbocycles. The van der Waals surface area contributed by atoms with Crippen molar-refractivity contribution < 1.29 is 10.0 Å². The van der Waals surface area contributed by atoms with Crippen molar-refractivity contribution >= 4 is 68.5 Å². The van der Waals surface area contributed by atoms with Gasteiger partial charge in [-0.05, 0) is 90.8 Å². The molecule has 0 aliphatic carbocycles. The van der Waals surface area contributed by atoms with Gasteiger partial charge in [-0.1, -0.05) is 97.7 Å². The molecule has 0 unspecified atom stereocenters. The molecule has 0 spiro atoms. The molecule has 0 saturated carbocycles. The van der Waals surface area contributed by atoms with E-state index < -0.39 is 7.12 Å². The van der Waals surface area contributed by atoms with Crippen LogP contribution >= 0.6 is 50.2 Å². The highest BCUT2D eigenvalue weighted by Gasteiger charge is 2.09. The van der Waals surface area contributed by atoms with Crippen LogP contribution in [0, 0.1) is 0 Å². The molecule has 0 amide bonds. The lowest BCUT2D eigenvalue weighted by Gasteiger charge is -2.16. The Morgan fingerprint density at radius 3 is 1.41 bits per heavy atom. The van der Waals surface area contributed by atoms with E-state index in [0.717, 1.165) is 34.1 Å². The summed E-state index contributed by atoms with van der Waals surface area (Å²) < 4.78 is 0. The molecule has 2 atom stereocenters. The standard InChI is InChI=1S/C16H18ClN.C8H11BO2.C8H10ClN.2H2S/c1-3-13-4-10-16(11-5-13)18-12(2)14-6-8-15(17)9-7-14;1-2-7-3-5-8(6-4-7)9(10)11;1-6(10)7-2-4-8(9)5-3-7;;/h4-12,18H,3H2,1-2H3;3-6,10-11H,2H2,1H3;2-6H,10H2,1H3;2*1H2/t12-;;6-;;/m0.0../s1. The van der Waals surface area contributed by atoms with E-state index in [-0.39, 0.29) is 39.1 Å². The van der Waals surface area contributed by atoms with Gasteiger partial charge in [0.25, 0.3) is 0 Å². The van der Waals surface area contributed by atoms with Crippen molar-refractivity contribution in [1.29, 1.82) is 0 Å². The number of hydrogen-bond acceptors (Lipinski definition) is 4. The molecule has 0 radical (unpaired) electrons. The lowest BCUT2D eigenvalue weighted by molar-refractivity contribution is 0.426. The van der Waals surface area contributed by atoms with Gasteiger partial charge in [-0.25, -0.2) is 0 Å². The minimum absolute atomic E-state index is 0. The predicted octanol–water partition coefficient (Wildman–Crippen LogP) is 7.59. The van der Waals surface area contributed by atoms with Gasteiger partial charge in [-0.3, -0.25) is 0 Å². The Hall–Kier alpha value is -2.10. The summed E-state index contributed by atoms with van der Waals surface area (Å²) in [5.41, 5.74) is 12.2. The molecular formula is C32H43BCl2N2O2S2. The number of halogens is 2. The third kappa shape index (κ3) is 14.6. The second-order valence-electron chi connectivity index (χ2n) is 9.28. The molecule has 41 heavy (non-hydrogen) atoms. The SMILES string of the molecule is CCc1ccc(B(O)O)cc1.CCc1ccc(N[C@@H](C)c2ccc(Cl)cc2)cc1.C[C@H](N)c1ccc(Cl)cc1.S.S. The molecule has 4 nitrogen and oxygen atoms in total. The molecule has 0 heterocycles. The van der Waals surface area contributed by atoms with Crippen LogP contribution in [0.3, 0.4) is 0 Å². The van der Waals surface area contributed by atoms with Crippen LogP contribution in [0.15, 0.2) is 97.1 Å². The van der Waals surface area contributed by atoms with Gasteiger partial charge in [0.15, 0.2) is 0 Å². The van der Waals surface area contributed by atoms with Gasteiger partial charge in [-0.15, -0.1) is 0 Å². The Labute approximate surface area is 270 Å². The van der Waals surface area contributed by atoms with E-state index in [2.05, 4.69) is 62.5 Å². The van der Waals surface area contributed by atoms with Crippen LogP contribution in [0.25, 0.3) is 0 Å². The maximum Gasteiger partial charge on any atom is 0.488 e. The molecular weight excluding hydrogens is 590 g/mol. The van der Waals surface area contributed by atoms with Crippen LogP contribution in [-0.2, 0) is 12.8 Å². The van der Waals surface area contributed by atoms with Crippen molar-refractivity contribution in [2.45, 2.75) is 52.6 Å². The first kappa shape index (κ1) is 38.9. The van der Waals surface area contributed by atoms with Crippen LogP contribution in [-0.4, -0.2) is 17.2 Å². The van der Waals surface area contributed by atoms with Gasteiger partial charge in [0.2, 0.25) is 0 Å². The molecule has 5 N–H and O–H groups in total. The Morgan fingerprint density at radius 2 is 1.05 bits per heavy atom. The zero-order chi connectivity index (χ0) is 28.8. The quantitative estimate of drug-likeness (QED) is 0.158. The first-order valence-electron chi connectivity index (χ1n) is 13.2. The maximum atomic E-state index is 8.74. The number of nitrogens with one attached hydrogen (secondary N) is 1. The van der Waals surface area contributed by atoms with Crippen molar-refractivity contribution in [2.75, 3.05) is 5.32 Å². The van der Waals surface area contributed by atoms with Crippen molar-refractivity contribution in [3.8, 4) is 0 Å². The summed E-state index contributed by atoms with van der Waals surface area (Å²) in [4.78, 5) is 0. The number of benzene rings is 4. The minimum Gasteiger partial charge on any atom is -0.423 e. The number of aryl methyl sites for hydroxylation is 2. The van der Waals surface area contributed by atoms with Crippen LogP contribution in [0.1, 0.15) is 62.0 Å². The molecule has 4 aromatic rings. The summed E-state index contributed by atoms with van der Waals surface area (Å²) in [5, 5.41) is 22.5. The molecule has 4 rings (SSSR count). The molecule has 0 fully saturated rings. The van der Waals surface area contributed by atoms with Gasteiger partial charge in [0.05, 0.1) is 0 Å². The summed E-state index contributed by atoms with van der Waals surface area (Å²) in [7, 11) is -1.35. The lowest BCUT2D eigenvalue weighted by atomic mass is 9.80. The fourth-order valence-electron chi connectivity index (χ4n) is 3.61. The van der Waals surface area contributed by atoms with E-state index >= 15 is 0 Å². The molecule has 0 aliphatic heterocycles. The molecule has 0 aliphatic rings. The topological polar surface area (TPSA) is 78.5 Å². The van der Waals surface area contributed by atoms with Gasteiger partial charge in [0.1, 0.15) is 0 Å². The Bertz CT molecular complexity index is 1230. The fourth-order valence-corrected chi connectivity index (χ4v) is 3.87. The summed E-state index contributed by atoms with van der Waals surface area (Å²) in [6.07, 6.45) is 2.05. The Morgan fingerprint density at radius 1 is 0.659 bits per heavy atom. The highest BCUT2D eigenvalue weighted by atomic mass is 35.5. The predicted molar refractivity (Wildman–Crippen MR) is 190 cm³/mol. The van der Waals surface area contributed by atoms with E-state index in [1.54, 1.807) is 12.1 Å². The van der Waals surface area contributed by atoms with Crippen LogP contribution < -0.4 is 16.5 Å². The van der Waals surface area contributed by atoms with E-state index in [1.165, 1.54) is 16.7 Å². The van der Waals surface area contributed by atoms with Gasteiger partial charge >= 0.3 is 7.12 Å². The number of anilines is 1. The highest BCUT2D eigenvalue weighted by Crippen LogP contribution is 2.21. The first-order valence-corrected chi connectivity index (χ1v) is 13.9. The zero-order valence-electron chi connectivity index (χ0n) is 24.1. The molecule has 0 bridgehead atoms. The van der Waals surface area contributed by atoms with Gasteiger partial charge in [-0.2, -0.15) is 27.0 Å². The third-order valence-electron chi connectivity index (χ3n) is 6.20. The van der Waals surface area contributed by atoms with Crippen LogP contribution in [0.5, 0.6) is 0 Å². The highest BCUT2D eigenvalue weighted by molar-refractivity contribution is 7.59. The van der Waals surface area contributed by atoms with Gasteiger partial charge in [0, 0.05) is 27.8 Å². The molecule has 222 valence electrons. The van der Waals surface area contributed by atoms with E-state index in [0.29, 0.717) is 5.46 Å². The number of nitrogens with two attached hydrogens (primary N) is 1. The lowest BCUT2D eigenvalue weighted by Crippen LogP contribution is -2.29. The summed E-state index contributed by atoms with van der Waals surface area (Å²) in [5.74, 6) is 0. The van der Waals surface area contributed by atoms with E-state index in [4.69, 9.17) is 39.0 Å². The van der Waals surface area contributed by atoms with Crippen molar-refractivity contribution in [3.63, 3.8) is 0 Å². The fraction of sp³-hybridized carbons (Fsp3) is 0.250. The second-order valence-corrected chi connectivity index (χ2v) is 10.1. The molecule has 9 heteroatoms. The first-order chi connectivity index (χ1) is 18.6. The molecule has 0 aromatic heterocycles. The third-order valence-corrected chi connectivity index (χ3v) is 6.70.